The molecule has 0 bridgehead atoms. The largest absolute Gasteiger partial charge is 0.380 e. The lowest BCUT2D eigenvalue weighted by Gasteiger charge is -2.14. The first-order valence-corrected chi connectivity index (χ1v) is 9.65. The smallest absolute Gasteiger partial charge is 0.251 e. The van der Waals surface area contributed by atoms with Gasteiger partial charge in [0.2, 0.25) is 10.0 Å². The third-order valence-corrected chi connectivity index (χ3v) is 6.11. The molecule has 2 aromatic carbocycles. The fraction of sp³-hybridized carbons (Fsp3) is 0.278. The van der Waals surface area contributed by atoms with E-state index in [1.54, 1.807) is 7.11 Å². The molecule has 1 N–H and O–H groups in total. The minimum Gasteiger partial charge on any atom is -0.380 e. The monoisotopic (exact) mass is 396 g/mol. The third kappa shape index (κ3) is 4.62. The summed E-state index contributed by atoms with van der Waals surface area (Å²) in [6.07, 6.45) is 0. The van der Waals surface area contributed by atoms with E-state index in [2.05, 4.69) is 5.32 Å². The van der Waals surface area contributed by atoms with Crippen molar-refractivity contribution in [2.24, 2.45) is 0 Å². The Morgan fingerprint density at radius 1 is 1.15 bits per heavy atom. The van der Waals surface area contributed by atoms with E-state index in [1.807, 2.05) is 24.3 Å². The second-order valence-corrected chi connectivity index (χ2v) is 8.34. The number of halogens is 1. The molecule has 0 heterocycles. The molecule has 0 aromatic heterocycles. The van der Waals surface area contributed by atoms with E-state index in [4.69, 9.17) is 16.3 Å². The number of ether oxygens (including phenoxy) is 1. The average Bonchev–Trinajstić information content (AvgIpc) is 2.61. The standard InChI is InChI=1S/C18H21ClN2O4S/c1-21(2)26(23,24)17-10-13(8-9-16(17)19)18(22)20-11-14-6-4-5-7-15(14)12-25-3/h4-10H,11-12H2,1-3H3,(H,20,22). The van der Waals surface area contributed by atoms with Crippen molar-refractivity contribution in [1.29, 1.82) is 0 Å². The fourth-order valence-electron chi connectivity index (χ4n) is 2.34. The number of nitrogens with zero attached hydrogens (tertiary/aromatic N) is 1. The minimum atomic E-state index is -3.74. The van der Waals surface area contributed by atoms with Crippen LogP contribution >= 0.6 is 11.6 Å². The fourth-order valence-corrected chi connectivity index (χ4v) is 3.74. The summed E-state index contributed by atoms with van der Waals surface area (Å²) in [7, 11) is 0.683. The molecule has 8 heteroatoms. The van der Waals surface area contributed by atoms with Crippen LogP contribution in [-0.4, -0.2) is 39.8 Å². The van der Waals surface area contributed by atoms with Crippen LogP contribution in [0.3, 0.4) is 0 Å². The van der Waals surface area contributed by atoms with E-state index >= 15 is 0 Å². The maximum absolute atomic E-state index is 12.5. The summed E-state index contributed by atoms with van der Waals surface area (Å²) in [6, 6.07) is 11.8. The van der Waals surface area contributed by atoms with E-state index in [0.717, 1.165) is 15.4 Å². The zero-order chi connectivity index (χ0) is 19.3. The predicted molar refractivity (Wildman–Crippen MR) is 101 cm³/mol. The molecular weight excluding hydrogens is 376 g/mol. The van der Waals surface area contributed by atoms with E-state index in [1.165, 1.54) is 32.3 Å². The second kappa shape index (κ2) is 8.64. The minimum absolute atomic E-state index is 0.0701. The van der Waals surface area contributed by atoms with Gasteiger partial charge in [-0.05, 0) is 29.3 Å². The molecule has 26 heavy (non-hydrogen) atoms. The average molecular weight is 397 g/mol. The highest BCUT2D eigenvalue weighted by molar-refractivity contribution is 7.89. The number of sulfonamides is 1. The Bertz CT molecular complexity index is 898. The summed E-state index contributed by atoms with van der Waals surface area (Å²) in [5.41, 5.74) is 2.12. The highest BCUT2D eigenvalue weighted by Crippen LogP contribution is 2.24. The van der Waals surface area contributed by atoms with Crippen LogP contribution in [0.25, 0.3) is 0 Å². The van der Waals surface area contributed by atoms with Crippen molar-refractivity contribution >= 4 is 27.5 Å². The molecule has 0 saturated heterocycles. The number of amides is 1. The summed E-state index contributed by atoms with van der Waals surface area (Å²) in [5, 5.41) is 2.87. The summed E-state index contributed by atoms with van der Waals surface area (Å²) >= 11 is 6.01. The number of nitrogens with one attached hydrogen (secondary N) is 1. The maximum atomic E-state index is 12.5. The molecule has 0 aliphatic rings. The highest BCUT2D eigenvalue weighted by Gasteiger charge is 2.22. The van der Waals surface area contributed by atoms with E-state index in [-0.39, 0.29) is 21.4 Å². The number of rotatable bonds is 7. The molecule has 0 saturated carbocycles. The van der Waals surface area contributed by atoms with Gasteiger partial charge in [-0.3, -0.25) is 4.79 Å². The van der Waals surface area contributed by atoms with Crippen LogP contribution in [-0.2, 0) is 27.9 Å². The van der Waals surface area contributed by atoms with E-state index < -0.39 is 10.0 Å². The molecule has 0 unspecified atom stereocenters. The van der Waals surface area contributed by atoms with Gasteiger partial charge in [-0.15, -0.1) is 0 Å². The number of carbonyl (C=O) groups is 1. The first-order valence-electron chi connectivity index (χ1n) is 7.83. The molecule has 2 aromatic rings. The van der Waals surface area contributed by atoms with Gasteiger partial charge in [-0.25, -0.2) is 12.7 Å². The Morgan fingerprint density at radius 2 is 1.81 bits per heavy atom. The van der Waals surface area contributed by atoms with Crippen LogP contribution in [0.15, 0.2) is 47.4 Å². The van der Waals surface area contributed by atoms with Crippen LogP contribution < -0.4 is 5.32 Å². The van der Waals surface area contributed by atoms with Crippen molar-refractivity contribution < 1.29 is 17.9 Å². The molecule has 0 spiro atoms. The van der Waals surface area contributed by atoms with Crippen molar-refractivity contribution in [3.05, 3.63) is 64.2 Å². The molecule has 1 amide bonds. The summed E-state index contributed by atoms with van der Waals surface area (Å²) in [4.78, 5) is 12.4. The van der Waals surface area contributed by atoms with Gasteiger partial charge in [0.05, 0.1) is 11.6 Å². The lowest BCUT2D eigenvalue weighted by Crippen LogP contribution is -2.25. The summed E-state index contributed by atoms with van der Waals surface area (Å²) in [6.45, 7) is 0.745. The third-order valence-electron chi connectivity index (χ3n) is 3.81. The number of carbonyl (C=O) groups excluding carboxylic acids is 1. The SMILES string of the molecule is COCc1ccccc1CNC(=O)c1ccc(Cl)c(S(=O)(=O)N(C)C)c1. The zero-order valence-electron chi connectivity index (χ0n) is 14.8. The molecule has 0 aliphatic carbocycles. The number of benzene rings is 2. The summed E-state index contributed by atoms with van der Waals surface area (Å²) in [5.74, 6) is -0.385. The molecular formula is C18H21ClN2O4S. The zero-order valence-corrected chi connectivity index (χ0v) is 16.4. The van der Waals surface area contributed by atoms with E-state index in [0.29, 0.717) is 13.2 Å². The first-order chi connectivity index (χ1) is 12.3. The van der Waals surface area contributed by atoms with Crippen LogP contribution in [0.5, 0.6) is 0 Å². The molecule has 2 rings (SSSR count). The van der Waals surface area contributed by atoms with Gasteiger partial charge in [0.15, 0.2) is 0 Å². The van der Waals surface area contributed by atoms with Gasteiger partial charge in [0, 0.05) is 33.3 Å². The molecule has 140 valence electrons. The topological polar surface area (TPSA) is 75.7 Å². The Balaban J connectivity index is 2.21. The normalized spacial score (nSPS) is 11.6. The van der Waals surface area contributed by atoms with Gasteiger partial charge in [0.1, 0.15) is 4.90 Å². The predicted octanol–water partition coefficient (Wildman–Crippen LogP) is 2.67. The van der Waals surface area contributed by atoms with Crippen LogP contribution in [0.2, 0.25) is 5.02 Å². The van der Waals surface area contributed by atoms with Gasteiger partial charge in [-0.2, -0.15) is 0 Å². The lowest BCUT2D eigenvalue weighted by atomic mass is 10.1. The first kappa shape index (κ1) is 20.4. The van der Waals surface area contributed by atoms with Crippen molar-refractivity contribution in [2.45, 2.75) is 18.0 Å². The Kier molecular flexibility index (Phi) is 6.77. The van der Waals surface area contributed by atoms with Crippen molar-refractivity contribution in [2.75, 3.05) is 21.2 Å². The van der Waals surface area contributed by atoms with Crippen LogP contribution in [0.4, 0.5) is 0 Å². The summed E-state index contributed by atoms with van der Waals surface area (Å²) < 4.78 is 30.8. The van der Waals surface area contributed by atoms with E-state index in [9.17, 15) is 13.2 Å². The number of hydrogen-bond donors (Lipinski definition) is 1. The van der Waals surface area contributed by atoms with Gasteiger partial charge >= 0.3 is 0 Å². The quantitative estimate of drug-likeness (QED) is 0.780. The Hall–Kier alpha value is -1.93. The van der Waals surface area contributed by atoms with Gasteiger partial charge < -0.3 is 10.1 Å². The van der Waals surface area contributed by atoms with Crippen LogP contribution in [0, 0.1) is 0 Å². The molecule has 0 aliphatic heterocycles. The van der Waals surface area contributed by atoms with Crippen molar-refractivity contribution in [3.8, 4) is 0 Å². The lowest BCUT2D eigenvalue weighted by molar-refractivity contribution is 0.0950. The molecule has 0 radical (unpaired) electrons. The van der Waals surface area contributed by atoms with Crippen molar-refractivity contribution in [1.82, 2.24) is 9.62 Å². The number of hydrogen-bond acceptors (Lipinski definition) is 4. The Morgan fingerprint density at radius 3 is 2.42 bits per heavy atom. The second-order valence-electron chi connectivity index (χ2n) is 5.82. The van der Waals surface area contributed by atoms with Crippen molar-refractivity contribution in [3.63, 3.8) is 0 Å². The molecule has 6 nitrogen and oxygen atoms in total. The van der Waals surface area contributed by atoms with Gasteiger partial charge in [0.25, 0.3) is 5.91 Å². The maximum Gasteiger partial charge on any atom is 0.251 e. The molecule has 0 fully saturated rings. The number of methoxy groups -OCH3 is 1. The van der Waals surface area contributed by atoms with Crippen LogP contribution in [0.1, 0.15) is 21.5 Å². The molecule has 0 atom stereocenters. The Labute approximate surface area is 158 Å². The van der Waals surface area contributed by atoms with Gasteiger partial charge in [-0.1, -0.05) is 35.9 Å². The highest BCUT2D eigenvalue weighted by atomic mass is 35.5.